The Bertz CT molecular complexity index is 1030. The van der Waals surface area contributed by atoms with E-state index in [0.717, 1.165) is 11.8 Å². The molecule has 0 bridgehead atoms. The third-order valence-electron chi connectivity index (χ3n) is 3.44. The highest BCUT2D eigenvalue weighted by Gasteiger charge is 2.19. The predicted molar refractivity (Wildman–Crippen MR) is 89.0 cm³/mol. The fourth-order valence-corrected chi connectivity index (χ4v) is 2.85. The number of nitrogens with zero attached hydrogens (tertiary/aromatic N) is 4. The maximum absolute atomic E-state index is 11.5. The maximum atomic E-state index is 11.5. The van der Waals surface area contributed by atoms with Crippen LogP contribution in [0, 0.1) is 11.3 Å². The van der Waals surface area contributed by atoms with Gasteiger partial charge in [0.05, 0.1) is 10.6 Å². The third kappa shape index (κ3) is 2.73. The van der Waals surface area contributed by atoms with Gasteiger partial charge in [0.2, 0.25) is 0 Å². The van der Waals surface area contributed by atoms with Gasteiger partial charge in [-0.05, 0) is 12.1 Å². The third-order valence-corrected chi connectivity index (χ3v) is 4.54. The summed E-state index contributed by atoms with van der Waals surface area (Å²) in [7, 11) is -3.34. The molecule has 24 heavy (non-hydrogen) atoms. The number of sulfone groups is 1. The second-order valence-electron chi connectivity index (χ2n) is 5.12. The minimum absolute atomic E-state index is 0.0883. The zero-order valence-electron chi connectivity index (χ0n) is 12.7. The molecule has 0 saturated heterocycles. The Morgan fingerprint density at radius 2 is 1.88 bits per heavy atom. The van der Waals surface area contributed by atoms with Crippen LogP contribution in [0.4, 0.5) is 5.82 Å². The van der Waals surface area contributed by atoms with Crippen LogP contribution in [0.25, 0.3) is 17.1 Å². The van der Waals surface area contributed by atoms with Crippen LogP contribution in [0.3, 0.4) is 0 Å². The predicted octanol–water partition coefficient (Wildman–Crippen LogP) is 1.79. The van der Waals surface area contributed by atoms with E-state index < -0.39 is 9.84 Å². The Morgan fingerprint density at radius 1 is 1.17 bits per heavy atom. The van der Waals surface area contributed by atoms with Crippen LogP contribution in [0.2, 0.25) is 0 Å². The van der Waals surface area contributed by atoms with Crippen molar-refractivity contribution < 1.29 is 8.42 Å². The monoisotopic (exact) mass is 339 g/mol. The van der Waals surface area contributed by atoms with Crippen molar-refractivity contribution in [1.82, 2.24) is 14.8 Å². The lowest BCUT2D eigenvalue weighted by molar-refractivity contribution is 0.601. The molecule has 0 saturated carbocycles. The molecule has 0 radical (unpaired) electrons. The second-order valence-corrected chi connectivity index (χ2v) is 7.14. The van der Waals surface area contributed by atoms with Crippen molar-refractivity contribution in [3.05, 3.63) is 54.2 Å². The topological polar surface area (TPSA) is 115 Å². The number of anilines is 1. The molecule has 3 rings (SSSR count). The Morgan fingerprint density at radius 3 is 2.42 bits per heavy atom. The van der Waals surface area contributed by atoms with Crippen molar-refractivity contribution in [1.29, 1.82) is 5.26 Å². The first-order chi connectivity index (χ1) is 11.4. The molecule has 0 aliphatic heterocycles. The first kappa shape index (κ1) is 15.7. The maximum Gasteiger partial charge on any atom is 0.177 e. The van der Waals surface area contributed by atoms with Crippen molar-refractivity contribution in [2.24, 2.45) is 0 Å². The summed E-state index contributed by atoms with van der Waals surface area (Å²) < 4.78 is 24.5. The van der Waals surface area contributed by atoms with Crippen LogP contribution < -0.4 is 5.73 Å². The van der Waals surface area contributed by atoms with Gasteiger partial charge in [-0.3, -0.25) is 0 Å². The number of nitriles is 1. The molecule has 3 aromatic rings. The van der Waals surface area contributed by atoms with Gasteiger partial charge in [0.15, 0.2) is 21.5 Å². The number of benzene rings is 1. The second kappa shape index (κ2) is 5.79. The first-order valence-corrected chi connectivity index (χ1v) is 8.81. The van der Waals surface area contributed by atoms with Crippen molar-refractivity contribution >= 4 is 15.7 Å². The van der Waals surface area contributed by atoms with E-state index in [2.05, 4.69) is 16.2 Å². The summed E-state index contributed by atoms with van der Waals surface area (Å²) in [6.45, 7) is 0. The van der Waals surface area contributed by atoms with E-state index in [1.165, 1.54) is 23.0 Å². The van der Waals surface area contributed by atoms with E-state index in [4.69, 9.17) is 5.73 Å². The standard InChI is InChI=1S/C16H13N5O2S/c1-24(22,23)12-7-8-14(19-10-12)21-15(11-5-3-2-4-6-11)13(9-17)16(18)20-21/h2-8,10H,1H3,(H2,18,20). The van der Waals surface area contributed by atoms with Gasteiger partial charge in [-0.15, -0.1) is 5.10 Å². The quantitative estimate of drug-likeness (QED) is 0.778. The van der Waals surface area contributed by atoms with Crippen LogP contribution in [0.5, 0.6) is 0 Å². The van der Waals surface area contributed by atoms with Crippen molar-refractivity contribution in [2.45, 2.75) is 4.90 Å². The molecule has 0 spiro atoms. The molecule has 120 valence electrons. The highest BCUT2D eigenvalue weighted by Crippen LogP contribution is 2.29. The Labute approximate surface area is 138 Å². The van der Waals surface area contributed by atoms with Crippen LogP contribution in [-0.2, 0) is 9.84 Å². The van der Waals surface area contributed by atoms with Gasteiger partial charge in [-0.25, -0.2) is 18.1 Å². The largest absolute Gasteiger partial charge is 0.381 e. The molecule has 0 aliphatic rings. The zero-order chi connectivity index (χ0) is 17.3. The van der Waals surface area contributed by atoms with Gasteiger partial charge in [0.25, 0.3) is 0 Å². The van der Waals surface area contributed by atoms with Gasteiger partial charge in [-0.1, -0.05) is 30.3 Å². The van der Waals surface area contributed by atoms with E-state index in [-0.39, 0.29) is 16.3 Å². The number of pyridine rings is 1. The van der Waals surface area contributed by atoms with Crippen LogP contribution >= 0.6 is 0 Å². The molecule has 8 heteroatoms. The summed E-state index contributed by atoms with van der Waals surface area (Å²) >= 11 is 0. The number of nitrogens with two attached hydrogens (primary N) is 1. The Balaban J connectivity index is 2.21. The smallest absolute Gasteiger partial charge is 0.177 e. The fourth-order valence-electron chi connectivity index (χ4n) is 2.29. The molecule has 0 unspecified atom stereocenters. The minimum Gasteiger partial charge on any atom is -0.381 e. The fraction of sp³-hybridized carbons (Fsp3) is 0.0625. The van der Waals surface area contributed by atoms with Gasteiger partial charge in [0.1, 0.15) is 11.6 Å². The highest BCUT2D eigenvalue weighted by molar-refractivity contribution is 7.90. The number of hydrogen-bond acceptors (Lipinski definition) is 6. The summed E-state index contributed by atoms with van der Waals surface area (Å²) in [4.78, 5) is 4.25. The van der Waals surface area contributed by atoms with Crippen molar-refractivity contribution in [2.75, 3.05) is 12.0 Å². The Kier molecular flexibility index (Phi) is 3.79. The average molecular weight is 339 g/mol. The molecular weight excluding hydrogens is 326 g/mol. The van der Waals surface area contributed by atoms with Gasteiger partial charge in [-0.2, -0.15) is 5.26 Å². The lowest BCUT2D eigenvalue weighted by atomic mass is 10.1. The molecular formula is C16H13N5O2S. The summed E-state index contributed by atoms with van der Waals surface area (Å²) in [6.07, 6.45) is 2.36. The van der Waals surface area contributed by atoms with Crippen LogP contribution in [0.1, 0.15) is 5.56 Å². The molecule has 1 aromatic carbocycles. The molecule has 0 fully saturated rings. The number of nitrogen functional groups attached to an aromatic ring is 1. The Hall–Kier alpha value is -3.18. The SMILES string of the molecule is CS(=O)(=O)c1ccc(-n2nc(N)c(C#N)c2-c2ccccc2)nc1. The molecule has 2 heterocycles. The zero-order valence-corrected chi connectivity index (χ0v) is 13.5. The van der Waals surface area contributed by atoms with E-state index in [9.17, 15) is 13.7 Å². The minimum atomic E-state index is -3.34. The molecule has 0 amide bonds. The lowest BCUT2D eigenvalue weighted by Gasteiger charge is -2.07. The van der Waals surface area contributed by atoms with E-state index >= 15 is 0 Å². The van der Waals surface area contributed by atoms with E-state index in [1.807, 2.05) is 30.3 Å². The molecule has 2 aromatic heterocycles. The van der Waals surface area contributed by atoms with Gasteiger partial charge in [0, 0.05) is 18.0 Å². The van der Waals surface area contributed by atoms with E-state index in [1.54, 1.807) is 0 Å². The van der Waals surface area contributed by atoms with Crippen molar-refractivity contribution in [3.63, 3.8) is 0 Å². The number of rotatable bonds is 3. The molecule has 7 nitrogen and oxygen atoms in total. The molecule has 0 aliphatic carbocycles. The van der Waals surface area contributed by atoms with Gasteiger partial charge < -0.3 is 5.73 Å². The highest BCUT2D eigenvalue weighted by atomic mass is 32.2. The lowest BCUT2D eigenvalue weighted by Crippen LogP contribution is -2.04. The van der Waals surface area contributed by atoms with Crippen molar-refractivity contribution in [3.8, 4) is 23.1 Å². The normalized spacial score (nSPS) is 11.2. The summed E-state index contributed by atoms with van der Waals surface area (Å²) in [5, 5.41) is 13.6. The molecule has 0 atom stereocenters. The van der Waals surface area contributed by atoms with Gasteiger partial charge >= 0.3 is 0 Å². The summed E-state index contributed by atoms with van der Waals surface area (Å²) in [5.74, 6) is 0.458. The number of aromatic nitrogens is 3. The summed E-state index contributed by atoms with van der Waals surface area (Å²) in [5.41, 5.74) is 7.36. The number of hydrogen-bond donors (Lipinski definition) is 1. The average Bonchev–Trinajstić information content (AvgIpc) is 2.91. The van der Waals surface area contributed by atoms with Crippen LogP contribution in [-0.4, -0.2) is 29.4 Å². The van der Waals surface area contributed by atoms with Crippen LogP contribution in [0.15, 0.2) is 53.6 Å². The molecule has 2 N–H and O–H groups in total. The van der Waals surface area contributed by atoms with E-state index in [0.29, 0.717) is 11.5 Å². The first-order valence-electron chi connectivity index (χ1n) is 6.92. The summed E-state index contributed by atoms with van der Waals surface area (Å²) in [6, 6.07) is 14.2.